The summed E-state index contributed by atoms with van der Waals surface area (Å²) in [6.45, 7) is 3.26. The minimum absolute atomic E-state index is 0.0724. The van der Waals surface area contributed by atoms with Gasteiger partial charge in [-0.15, -0.1) is 0 Å². The highest BCUT2D eigenvalue weighted by molar-refractivity contribution is 5.82. The zero-order valence-electron chi connectivity index (χ0n) is 15.7. The maximum absolute atomic E-state index is 12.8. The molecule has 10 heteroatoms. The lowest BCUT2D eigenvalue weighted by Crippen LogP contribution is -2.47. The molecule has 28 heavy (non-hydrogen) atoms. The molecule has 4 unspecified atom stereocenters. The molecule has 0 spiro atoms. The minimum Gasteiger partial charge on any atom is -0.378 e. The zero-order valence-corrected chi connectivity index (χ0v) is 15.7. The van der Waals surface area contributed by atoms with Crippen molar-refractivity contribution in [3.05, 3.63) is 34.0 Å². The third-order valence-corrected chi connectivity index (χ3v) is 5.94. The Morgan fingerprint density at radius 2 is 2.18 bits per heavy atom. The molecular weight excluding hydrogens is 364 g/mol. The number of amides is 1. The smallest absolute Gasteiger partial charge is 0.239 e. The molecular formula is C18H26N6O4. The normalized spacial score (nSPS) is 29.9. The van der Waals surface area contributed by atoms with Gasteiger partial charge in [-0.2, -0.15) is 0 Å². The van der Waals surface area contributed by atoms with Crippen molar-refractivity contribution in [1.29, 1.82) is 0 Å². The lowest BCUT2D eigenvalue weighted by atomic mass is 9.79. The number of hydrogen-bond donors (Lipinski definition) is 3. The lowest BCUT2D eigenvalue weighted by molar-refractivity contribution is -0.528. The maximum Gasteiger partial charge on any atom is 0.239 e. The van der Waals surface area contributed by atoms with Gasteiger partial charge in [0, 0.05) is 61.1 Å². The van der Waals surface area contributed by atoms with E-state index in [4.69, 9.17) is 4.74 Å². The van der Waals surface area contributed by atoms with Crippen molar-refractivity contribution < 1.29 is 14.5 Å². The average molecular weight is 390 g/mol. The number of carbonyl (C=O) groups excluding carboxylic acids is 1. The van der Waals surface area contributed by atoms with Crippen LogP contribution in [-0.4, -0.2) is 60.2 Å². The van der Waals surface area contributed by atoms with Crippen molar-refractivity contribution in [3.8, 4) is 0 Å². The molecule has 2 aliphatic heterocycles. The van der Waals surface area contributed by atoms with Crippen molar-refractivity contribution in [2.75, 3.05) is 31.2 Å². The van der Waals surface area contributed by atoms with E-state index in [0.29, 0.717) is 39.0 Å². The Morgan fingerprint density at radius 3 is 2.96 bits per heavy atom. The molecule has 1 aromatic heterocycles. The van der Waals surface area contributed by atoms with E-state index >= 15 is 0 Å². The van der Waals surface area contributed by atoms with Crippen molar-refractivity contribution >= 4 is 11.7 Å². The first kappa shape index (κ1) is 19.0. The second-order valence-electron chi connectivity index (χ2n) is 7.59. The lowest BCUT2D eigenvalue weighted by Gasteiger charge is -2.30. The number of aromatic nitrogens is 1. The summed E-state index contributed by atoms with van der Waals surface area (Å²) in [6.07, 6.45) is 3.43. The third-order valence-electron chi connectivity index (χ3n) is 5.94. The van der Waals surface area contributed by atoms with Crippen LogP contribution in [0.25, 0.3) is 0 Å². The Morgan fingerprint density at radius 1 is 1.36 bits per heavy atom. The number of ether oxygens (including phenoxy) is 1. The summed E-state index contributed by atoms with van der Waals surface area (Å²) < 4.78 is 5.40. The Kier molecular flexibility index (Phi) is 5.69. The fourth-order valence-electron chi connectivity index (χ4n) is 4.41. The Labute approximate surface area is 163 Å². The predicted octanol–water partition coefficient (Wildman–Crippen LogP) is -0.175. The van der Waals surface area contributed by atoms with E-state index in [0.717, 1.165) is 24.5 Å². The molecule has 1 amide bonds. The van der Waals surface area contributed by atoms with E-state index in [1.54, 1.807) is 6.20 Å². The topological polar surface area (TPSA) is 122 Å². The molecule has 0 aromatic carbocycles. The van der Waals surface area contributed by atoms with Crippen LogP contribution in [-0.2, 0) is 16.1 Å². The molecule has 2 saturated heterocycles. The van der Waals surface area contributed by atoms with Gasteiger partial charge >= 0.3 is 0 Å². The Balaban J connectivity index is 1.39. The molecule has 1 aromatic rings. The number of nitrogens with one attached hydrogen (secondary N) is 3. The molecule has 3 heterocycles. The Hall–Kier alpha value is -2.30. The van der Waals surface area contributed by atoms with Crippen LogP contribution in [0.1, 0.15) is 24.8 Å². The molecule has 4 atom stereocenters. The molecule has 0 bridgehead atoms. The largest absolute Gasteiger partial charge is 0.378 e. The van der Waals surface area contributed by atoms with Crippen molar-refractivity contribution in [3.63, 3.8) is 0 Å². The number of pyridine rings is 1. The van der Waals surface area contributed by atoms with Crippen molar-refractivity contribution in [2.45, 2.75) is 43.9 Å². The SMILES string of the molecule is O=C(NCc1cccnc1N1CCOCC1)C1NNC2CCC([N+](=O)[O-])CC21. The van der Waals surface area contributed by atoms with E-state index in [1.165, 1.54) is 0 Å². The molecule has 3 N–H and O–H groups in total. The number of rotatable bonds is 5. The summed E-state index contributed by atoms with van der Waals surface area (Å²) in [5.74, 6) is 0.658. The number of nitrogens with zero attached hydrogens (tertiary/aromatic N) is 3. The molecule has 10 nitrogen and oxygen atoms in total. The van der Waals surface area contributed by atoms with E-state index in [2.05, 4.69) is 26.1 Å². The summed E-state index contributed by atoms with van der Waals surface area (Å²) in [5.41, 5.74) is 7.14. The maximum atomic E-state index is 12.8. The van der Waals surface area contributed by atoms with E-state index in [-0.39, 0.29) is 22.8 Å². The van der Waals surface area contributed by atoms with Gasteiger partial charge in [-0.3, -0.25) is 20.3 Å². The number of hydrazine groups is 1. The fraction of sp³-hybridized carbons (Fsp3) is 0.667. The predicted molar refractivity (Wildman–Crippen MR) is 101 cm³/mol. The second kappa shape index (κ2) is 8.38. The quantitative estimate of drug-likeness (QED) is 0.468. The second-order valence-corrected chi connectivity index (χ2v) is 7.59. The van der Waals surface area contributed by atoms with Crippen LogP contribution in [0.15, 0.2) is 18.3 Å². The first-order valence-electron chi connectivity index (χ1n) is 9.82. The molecule has 152 valence electrons. The summed E-state index contributed by atoms with van der Waals surface area (Å²) in [5, 5.41) is 14.1. The molecule has 4 rings (SSSR count). The van der Waals surface area contributed by atoms with Gasteiger partial charge in [0.2, 0.25) is 11.9 Å². The molecule has 3 aliphatic rings. The standard InChI is InChI=1S/C18H26N6O4/c25-18(16-14-10-13(24(26)27)3-4-15(14)21-22-16)20-11-12-2-1-5-19-17(12)23-6-8-28-9-7-23/h1-2,5,13-16,21-22H,3-4,6-11H2,(H,20,25). The number of morpholine rings is 1. The molecule has 0 radical (unpaired) electrons. The third kappa shape index (κ3) is 3.94. The molecule has 1 aliphatic carbocycles. The molecule has 3 fully saturated rings. The minimum atomic E-state index is -0.565. The van der Waals surface area contributed by atoms with Crippen LogP contribution >= 0.6 is 0 Å². The first-order chi connectivity index (χ1) is 13.6. The van der Waals surface area contributed by atoms with Gasteiger partial charge in [0.05, 0.1) is 13.2 Å². The van der Waals surface area contributed by atoms with Crippen molar-refractivity contribution in [2.24, 2.45) is 5.92 Å². The highest BCUT2D eigenvalue weighted by Gasteiger charge is 2.46. The van der Waals surface area contributed by atoms with Crippen LogP contribution in [0.2, 0.25) is 0 Å². The zero-order chi connectivity index (χ0) is 19.5. The van der Waals surface area contributed by atoms with Crippen LogP contribution < -0.4 is 21.1 Å². The average Bonchev–Trinajstić information content (AvgIpc) is 3.16. The van der Waals surface area contributed by atoms with Gasteiger partial charge in [0.25, 0.3) is 0 Å². The molecule has 1 saturated carbocycles. The van der Waals surface area contributed by atoms with Gasteiger partial charge in [-0.05, 0) is 12.5 Å². The van der Waals surface area contributed by atoms with Gasteiger partial charge in [0.1, 0.15) is 11.9 Å². The van der Waals surface area contributed by atoms with Gasteiger partial charge in [0.15, 0.2) is 0 Å². The van der Waals surface area contributed by atoms with E-state index < -0.39 is 12.1 Å². The van der Waals surface area contributed by atoms with Gasteiger partial charge in [-0.1, -0.05) is 6.07 Å². The van der Waals surface area contributed by atoms with Crippen LogP contribution in [0, 0.1) is 16.0 Å². The van der Waals surface area contributed by atoms with E-state index in [9.17, 15) is 14.9 Å². The first-order valence-corrected chi connectivity index (χ1v) is 9.82. The Bertz CT molecular complexity index is 726. The summed E-state index contributed by atoms with van der Waals surface area (Å²) in [7, 11) is 0. The van der Waals surface area contributed by atoms with Crippen LogP contribution in [0.3, 0.4) is 0 Å². The van der Waals surface area contributed by atoms with E-state index in [1.807, 2.05) is 12.1 Å². The highest BCUT2D eigenvalue weighted by atomic mass is 16.6. The summed E-state index contributed by atoms with van der Waals surface area (Å²) >= 11 is 0. The number of fused-ring (bicyclic) bond motifs is 1. The van der Waals surface area contributed by atoms with Gasteiger partial charge < -0.3 is 15.0 Å². The van der Waals surface area contributed by atoms with Crippen LogP contribution in [0.4, 0.5) is 5.82 Å². The fourth-order valence-corrected chi connectivity index (χ4v) is 4.41. The number of carbonyl (C=O) groups is 1. The monoisotopic (exact) mass is 390 g/mol. The number of nitro groups is 1. The number of hydrogen-bond acceptors (Lipinski definition) is 8. The summed E-state index contributed by atoms with van der Waals surface area (Å²) in [4.78, 5) is 30.4. The van der Waals surface area contributed by atoms with Crippen molar-refractivity contribution in [1.82, 2.24) is 21.2 Å². The number of anilines is 1. The van der Waals surface area contributed by atoms with Gasteiger partial charge in [-0.25, -0.2) is 10.4 Å². The van der Waals surface area contributed by atoms with Crippen LogP contribution in [0.5, 0.6) is 0 Å². The summed E-state index contributed by atoms with van der Waals surface area (Å²) in [6, 6.07) is 2.90. The highest BCUT2D eigenvalue weighted by Crippen LogP contribution is 2.31.